The third kappa shape index (κ3) is 22.3. The van der Waals surface area contributed by atoms with E-state index in [1.54, 1.807) is 0 Å². The van der Waals surface area contributed by atoms with Crippen LogP contribution in [0.25, 0.3) is 0 Å². The highest BCUT2D eigenvalue weighted by molar-refractivity contribution is 6.84. The molecule has 0 aliphatic heterocycles. The van der Waals surface area contributed by atoms with Gasteiger partial charge in [0.2, 0.25) is 0 Å². The summed E-state index contributed by atoms with van der Waals surface area (Å²) < 4.78 is 17.1. The molecule has 0 radical (unpaired) electrons. The van der Waals surface area contributed by atoms with E-state index in [1.807, 2.05) is 0 Å². The Kier molecular flexibility index (Phi) is 31.3. The Labute approximate surface area is 325 Å². The van der Waals surface area contributed by atoms with E-state index in [2.05, 4.69) is 233 Å². The Morgan fingerprint density at radius 1 is 0.500 bits per heavy atom. The average molecular weight is 791 g/mol. The van der Waals surface area contributed by atoms with Gasteiger partial charge in [-0.2, -0.15) is 0 Å². The highest BCUT2D eigenvalue weighted by Gasteiger charge is 2.44. The second-order valence-corrected chi connectivity index (χ2v) is 38.0. The highest BCUT2D eigenvalue weighted by atomic mass is 28.4. The van der Waals surface area contributed by atoms with Crippen LogP contribution in [0.1, 0.15) is 62.3 Å². The van der Waals surface area contributed by atoms with Crippen molar-refractivity contribution in [2.75, 3.05) is 82.6 Å². The molecule has 12 heteroatoms. The minimum Gasteiger partial charge on any atom is -0.329 e. The van der Waals surface area contributed by atoms with Gasteiger partial charge in [-0.25, -0.2) is 0 Å². The first kappa shape index (κ1) is 56.8. The van der Waals surface area contributed by atoms with E-state index >= 15 is 0 Å². The monoisotopic (exact) mass is 790 g/mol. The van der Waals surface area contributed by atoms with Crippen LogP contribution >= 0.6 is 0 Å². The lowest BCUT2D eigenvalue weighted by atomic mass is 10.3. The van der Waals surface area contributed by atoms with E-state index in [-0.39, 0.29) is 0 Å². The van der Waals surface area contributed by atoms with Gasteiger partial charge in [-0.1, -0.05) is 145 Å². The van der Waals surface area contributed by atoms with Crippen molar-refractivity contribution in [2.24, 2.45) is 0 Å². The summed E-state index contributed by atoms with van der Waals surface area (Å²) in [6.45, 7) is 44.2. The molecular formula is C38H95N7Si5. The molecule has 0 bridgehead atoms. The first-order valence-electron chi connectivity index (χ1n) is 19.5. The summed E-state index contributed by atoms with van der Waals surface area (Å²) in [4.78, 5) is 0. The van der Waals surface area contributed by atoms with Crippen molar-refractivity contribution in [3.63, 3.8) is 0 Å². The molecule has 1 aromatic rings. The summed E-state index contributed by atoms with van der Waals surface area (Å²) in [5.74, 6) is 0. The van der Waals surface area contributed by atoms with Crippen molar-refractivity contribution in [3.8, 4) is 0 Å². The molecule has 0 spiro atoms. The van der Waals surface area contributed by atoms with Crippen LogP contribution in [0.4, 0.5) is 0 Å². The molecule has 0 aliphatic carbocycles. The lowest BCUT2D eigenvalue weighted by Crippen LogP contribution is -2.76. The summed E-state index contributed by atoms with van der Waals surface area (Å²) >= 11 is 0. The molecule has 0 saturated heterocycles. The molecule has 0 saturated carbocycles. The first-order chi connectivity index (χ1) is 22.5. The number of hydrogen-bond donors (Lipinski definition) is 0. The van der Waals surface area contributed by atoms with E-state index < -0.39 is 33.3 Å². The summed E-state index contributed by atoms with van der Waals surface area (Å²) in [6.07, 6.45) is 0. The van der Waals surface area contributed by atoms with Crippen molar-refractivity contribution >= 4 is 48.9 Å². The largest absolute Gasteiger partial charge is 0.329 e. The van der Waals surface area contributed by atoms with Gasteiger partial charge in [0, 0.05) is 0 Å². The van der Waals surface area contributed by atoms with Gasteiger partial charge in [0.25, 0.3) is 0 Å². The van der Waals surface area contributed by atoms with Gasteiger partial charge in [0.15, 0.2) is 0 Å². The SMILES string of the molecule is CC(C)N([SiH3])C(C)C.CCN(CC)[Si](C)(C)C.CCN(CC)[Si](C)(C)CC.CN(C)[Si](C)(C)C.CN(C)[Si](c1ccccc1)(N(C)C)N(C)C. The molecule has 0 atom stereocenters. The third-order valence-corrected chi connectivity index (χ3v) is 26.4. The summed E-state index contributed by atoms with van der Waals surface area (Å²) in [5.41, 5.74) is 0. The van der Waals surface area contributed by atoms with Gasteiger partial charge in [0.05, 0.1) is 10.4 Å². The van der Waals surface area contributed by atoms with Crippen molar-refractivity contribution in [1.82, 2.24) is 32.0 Å². The number of benzene rings is 1. The molecule has 0 fully saturated rings. The first-order valence-corrected chi connectivity index (χ1v) is 32.3. The molecule has 0 aliphatic rings. The zero-order chi connectivity index (χ0) is 40.8. The topological polar surface area (TPSA) is 22.7 Å². The number of hydrogen-bond acceptors (Lipinski definition) is 7. The van der Waals surface area contributed by atoms with Crippen LogP contribution in [0.15, 0.2) is 30.3 Å². The molecule has 0 heterocycles. The molecule has 0 amide bonds. The third-order valence-electron chi connectivity index (χ3n) is 10.2. The summed E-state index contributed by atoms with van der Waals surface area (Å²) in [7, 11) is 13.7. The molecule has 50 heavy (non-hydrogen) atoms. The molecule has 0 N–H and O–H groups in total. The Morgan fingerprint density at radius 3 is 0.920 bits per heavy atom. The van der Waals surface area contributed by atoms with Crippen molar-refractivity contribution in [1.29, 1.82) is 0 Å². The number of rotatable bonds is 14. The molecule has 0 aromatic heterocycles. The molecule has 7 nitrogen and oxygen atoms in total. The van der Waals surface area contributed by atoms with Gasteiger partial charge in [-0.15, -0.1) is 0 Å². The van der Waals surface area contributed by atoms with E-state index in [0.717, 1.165) is 12.1 Å². The van der Waals surface area contributed by atoms with Crippen LogP contribution in [0, 0.1) is 0 Å². The minimum atomic E-state index is -1.90. The predicted molar refractivity (Wildman–Crippen MR) is 249 cm³/mol. The van der Waals surface area contributed by atoms with E-state index in [4.69, 9.17) is 0 Å². The predicted octanol–water partition coefficient (Wildman–Crippen LogP) is 7.00. The summed E-state index contributed by atoms with van der Waals surface area (Å²) in [5, 5.41) is 1.41. The van der Waals surface area contributed by atoms with Crippen LogP contribution in [-0.2, 0) is 0 Å². The Balaban J connectivity index is -0.000000275. The van der Waals surface area contributed by atoms with Crippen LogP contribution < -0.4 is 5.19 Å². The maximum absolute atomic E-state index is 2.63. The fourth-order valence-corrected chi connectivity index (χ4v) is 14.4. The standard InChI is InChI=1S/C12H23N3Si.C8H21NSi.C7H19NSi.C6H17NSi.C5H15NSi/c1-13(2)16(14(3)4,15(5)6)12-10-8-7-9-11-12;1-6-9(7-2)10(4,5)8-3;1-6-8(7-2)9(3,4)5;1-5(2)7(8)6(3)4;1-6(2)7(3,4)5/h7-11H,1-6H3;6-8H2,1-5H3;6-7H2,1-5H3;5-6H,1-4,8H3;1-5H3. The average Bonchev–Trinajstić information content (AvgIpc) is 2.98. The fraction of sp³-hybridized carbons (Fsp3) is 0.842. The van der Waals surface area contributed by atoms with Gasteiger partial charge in [-0.05, 0) is 106 Å². The lowest BCUT2D eigenvalue weighted by molar-refractivity contribution is 0.320. The van der Waals surface area contributed by atoms with E-state index in [0.29, 0.717) is 0 Å². The van der Waals surface area contributed by atoms with Crippen LogP contribution in [0.3, 0.4) is 0 Å². The fourth-order valence-electron chi connectivity index (χ4n) is 5.71. The molecule has 1 rings (SSSR count). The summed E-state index contributed by atoms with van der Waals surface area (Å²) in [6, 6.07) is 13.6. The van der Waals surface area contributed by atoms with Gasteiger partial charge in [-0.3, -0.25) is 0 Å². The maximum Gasteiger partial charge on any atom is 0.322 e. The van der Waals surface area contributed by atoms with Crippen LogP contribution in [0.2, 0.25) is 58.4 Å². The van der Waals surface area contributed by atoms with E-state index in [1.165, 1.54) is 47.8 Å². The highest BCUT2D eigenvalue weighted by Crippen LogP contribution is 2.14. The number of nitrogens with zero attached hydrogens (tertiary/aromatic N) is 7. The maximum atomic E-state index is 2.63. The van der Waals surface area contributed by atoms with E-state index in [9.17, 15) is 0 Å². The molecule has 1 aromatic carbocycles. The van der Waals surface area contributed by atoms with Crippen LogP contribution in [0.5, 0.6) is 0 Å². The Bertz CT molecular complexity index is 879. The minimum absolute atomic E-state index is 0.738. The molecule has 302 valence electrons. The smallest absolute Gasteiger partial charge is 0.322 e. The van der Waals surface area contributed by atoms with Crippen molar-refractivity contribution < 1.29 is 0 Å². The van der Waals surface area contributed by atoms with Crippen molar-refractivity contribution in [3.05, 3.63) is 30.3 Å². The Morgan fingerprint density at radius 2 is 0.800 bits per heavy atom. The lowest BCUT2D eigenvalue weighted by Gasteiger charge is -2.46. The van der Waals surface area contributed by atoms with Gasteiger partial charge < -0.3 is 32.0 Å². The second kappa shape index (κ2) is 27.6. The second-order valence-electron chi connectivity index (χ2n) is 17.3. The normalized spacial score (nSPS) is 12.7. The van der Waals surface area contributed by atoms with Crippen LogP contribution in [-0.4, -0.2) is 170 Å². The molecule has 0 unspecified atom stereocenters. The van der Waals surface area contributed by atoms with Gasteiger partial charge in [0.1, 0.15) is 24.7 Å². The zero-order valence-electron chi connectivity index (χ0n) is 39.2. The van der Waals surface area contributed by atoms with Crippen molar-refractivity contribution in [2.45, 2.75) is 133 Å². The zero-order valence-corrected chi connectivity index (χ0v) is 45.2. The Hall–Kier alpha value is 0.0244. The quantitative estimate of drug-likeness (QED) is 0.187. The van der Waals surface area contributed by atoms with Gasteiger partial charge >= 0.3 is 8.56 Å². The molecular weight excluding hydrogens is 695 g/mol.